The minimum absolute atomic E-state index is 0. The van der Waals surface area contributed by atoms with Crippen LogP contribution in [0.2, 0.25) is 0 Å². The molecule has 1 fully saturated rings. The Morgan fingerprint density at radius 3 is 1.89 bits per heavy atom. The molecular formula is C56H54N3OPt-. The number of aromatic nitrogens is 3. The van der Waals surface area contributed by atoms with Crippen LogP contribution in [0.25, 0.3) is 61.6 Å². The average molecular weight is 982 g/mol. The van der Waals surface area contributed by atoms with Gasteiger partial charge in [-0.05, 0) is 113 Å². The summed E-state index contributed by atoms with van der Waals surface area (Å²) in [4.78, 5) is 10.3. The number of imidazole rings is 1. The van der Waals surface area contributed by atoms with E-state index in [0.717, 1.165) is 72.5 Å². The van der Waals surface area contributed by atoms with Gasteiger partial charge in [-0.2, -0.15) is 0 Å². The van der Waals surface area contributed by atoms with Crippen molar-refractivity contribution in [1.29, 1.82) is 0 Å². The van der Waals surface area contributed by atoms with Gasteiger partial charge in [-0.3, -0.25) is 9.55 Å². The van der Waals surface area contributed by atoms with Crippen LogP contribution in [-0.4, -0.2) is 19.6 Å². The molecule has 4 nitrogen and oxygen atoms in total. The minimum Gasteiger partial charge on any atom is -0.507 e. The number of fused-ring (bicyclic) bond motifs is 1. The Labute approximate surface area is 378 Å². The van der Waals surface area contributed by atoms with E-state index in [1.165, 1.54) is 0 Å². The zero-order chi connectivity index (χ0) is 43.4. The largest absolute Gasteiger partial charge is 0.507 e. The molecule has 2 heterocycles. The predicted octanol–water partition coefficient (Wildman–Crippen LogP) is 14.6. The number of nitrogens with zero attached hydrogens (tertiary/aromatic N) is 3. The van der Waals surface area contributed by atoms with E-state index >= 15 is 0 Å². The normalized spacial score (nSPS) is 18.6. The van der Waals surface area contributed by atoms with E-state index in [1.807, 2.05) is 54.7 Å². The summed E-state index contributed by atoms with van der Waals surface area (Å²) < 4.78 is 21.1. The number of phenols is 1. The van der Waals surface area contributed by atoms with Crippen molar-refractivity contribution < 1.29 is 28.9 Å². The van der Waals surface area contributed by atoms with Gasteiger partial charge < -0.3 is 5.11 Å². The van der Waals surface area contributed by atoms with Crippen LogP contribution in [-0.2, 0) is 31.9 Å². The summed E-state index contributed by atoms with van der Waals surface area (Å²) in [6.45, 7) is 13.2. The maximum Gasteiger partial charge on any atom is 0.148 e. The fraction of sp³-hybridized carbons (Fsp3) is 0.250. The summed E-state index contributed by atoms with van der Waals surface area (Å²) in [5.74, 6) is -0.672. The monoisotopic (exact) mass is 981 g/mol. The second kappa shape index (κ2) is 17.1. The van der Waals surface area contributed by atoms with Crippen LogP contribution in [0.5, 0.6) is 5.75 Å². The minimum atomic E-state index is -0.786. The van der Waals surface area contributed by atoms with E-state index in [-0.39, 0.29) is 37.6 Å². The van der Waals surface area contributed by atoms with E-state index in [0.29, 0.717) is 37.1 Å². The fourth-order valence-corrected chi connectivity index (χ4v) is 8.57. The Kier molecular flexibility index (Phi) is 11.1. The third-order valence-corrected chi connectivity index (χ3v) is 12.1. The van der Waals surface area contributed by atoms with Gasteiger partial charge >= 0.3 is 0 Å². The number of aromatic hydroxyl groups is 1. The Morgan fingerprint density at radius 1 is 0.607 bits per heavy atom. The molecule has 0 radical (unpaired) electrons. The molecule has 0 atom stereocenters. The van der Waals surface area contributed by atoms with Gasteiger partial charge in [-0.15, -0.1) is 29.3 Å². The van der Waals surface area contributed by atoms with Crippen molar-refractivity contribution >= 4 is 11.0 Å². The molecule has 0 bridgehead atoms. The smallest absolute Gasteiger partial charge is 0.148 e. The van der Waals surface area contributed by atoms with E-state index in [1.54, 1.807) is 6.07 Å². The second-order valence-corrected chi connectivity index (χ2v) is 18.3. The summed E-state index contributed by atoms with van der Waals surface area (Å²) in [6.07, 6.45) is 4.36. The SMILES string of the molecule is [2H]C1(c2ccccc2)CCC([2H])(c2ccc(-n3c(-c4cc(C(C)(C)C)ccc4O)nc4c(-c5[c-]c(-c6cc(-c7ccccc7)ccn6)cc(C(C)(C)C)c5)cccc43)cc2)CC1.[Pt]. The first-order valence-corrected chi connectivity index (χ1v) is 21.2. The van der Waals surface area contributed by atoms with Gasteiger partial charge in [-0.1, -0.05) is 150 Å². The topological polar surface area (TPSA) is 50.9 Å². The fourth-order valence-electron chi connectivity index (χ4n) is 8.57. The van der Waals surface area contributed by atoms with Crippen molar-refractivity contribution in [3.8, 4) is 56.3 Å². The summed E-state index contributed by atoms with van der Waals surface area (Å²) in [6, 6.07) is 53.3. The number of rotatable bonds is 7. The quantitative estimate of drug-likeness (QED) is 0.162. The maximum absolute atomic E-state index is 11.6. The van der Waals surface area contributed by atoms with Crippen LogP contribution < -0.4 is 0 Å². The summed E-state index contributed by atoms with van der Waals surface area (Å²) in [5, 5.41) is 11.6. The van der Waals surface area contributed by atoms with Gasteiger partial charge in [0.1, 0.15) is 11.6 Å². The number of pyridine rings is 1. The zero-order valence-corrected chi connectivity index (χ0v) is 38.1. The standard InChI is InChI=1S/C56H54N3O.Pt/c1-55(2,3)45-26-29-52(60)49(36-45)54-58-53-48(43-32-44(34-46(33-43)56(4,5)6)50-35-42(30-31-57-50)38-16-11-8-12-17-38)18-13-19-51(53)59(54)47-27-24-41(25-28-47)40-22-20-39(21-23-40)37-14-9-7-10-15-37;/h7-19,24-31,33-36,39-40,60H,20-23H2,1-6H3;/q-1;/i39D,40D;. The molecule has 1 saturated carbocycles. The first kappa shape index (κ1) is 39.6. The second-order valence-electron chi connectivity index (χ2n) is 18.3. The molecule has 0 aliphatic heterocycles. The molecule has 1 aliphatic rings. The van der Waals surface area contributed by atoms with Crippen LogP contribution in [0.15, 0.2) is 152 Å². The van der Waals surface area contributed by atoms with Crippen molar-refractivity contribution in [1.82, 2.24) is 14.5 Å². The Balaban J connectivity index is 0.00000544. The Morgan fingerprint density at radius 2 is 1.23 bits per heavy atom. The van der Waals surface area contributed by atoms with Gasteiger partial charge in [-0.25, -0.2) is 4.98 Å². The molecule has 0 unspecified atom stereocenters. The molecule has 310 valence electrons. The first-order valence-electron chi connectivity index (χ1n) is 22.2. The summed E-state index contributed by atoms with van der Waals surface area (Å²) in [5.41, 5.74) is 13.0. The van der Waals surface area contributed by atoms with Crippen molar-refractivity contribution in [3.05, 3.63) is 180 Å². The van der Waals surface area contributed by atoms with Gasteiger partial charge in [0.15, 0.2) is 0 Å². The number of hydrogen-bond donors (Lipinski definition) is 1. The molecule has 0 amide bonds. The number of hydrogen-bond acceptors (Lipinski definition) is 3. The Hall–Kier alpha value is -5.57. The van der Waals surface area contributed by atoms with Crippen LogP contribution in [0.1, 0.15) is 104 Å². The molecule has 9 rings (SSSR count). The van der Waals surface area contributed by atoms with Crippen molar-refractivity contribution in [2.45, 2.75) is 89.8 Å². The summed E-state index contributed by atoms with van der Waals surface area (Å²) >= 11 is 0. The van der Waals surface area contributed by atoms with Gasteiger partial charge in [0.25, 0.3) is 0 Å². The van der Waals surface area contributed by atoms with Crippen LogP contribution in [0.3, 0.4) is 0 Å². The third-order valence-electron chi connectivity index (χ3n) is 12.1. The van der Waals surface area contributed by atoms with E-state index in [9.17, 15) is 7.85 Å². The van der Waals surface area contributed by atoms with E-state index in [4.69, 9.17) is 9.97 Å². The maximum atomic E-state index is 11.6. The first-order chi connectivity index (χ1) is 29.6. The molecule has 0 spiro atoms. The van der Waals surface area contributed by atoms with Crippen molar-refractivity contribution in [2.24, 2.45) is 0 Å². The molecule has 1 aliphatic carbocycles. The third kappa shape index (κ3) is 8.66. The molecular weight excluding hydrogens is 926 g/mol. The molecule has 8 aromatic rings. The summed E-state index contributed by atoms with van der Waals surface area (Å²) in [7, 11) is 0. The Bertz CT molecular complexity index is 2900. The number of para-hydroxylation sites is 1. The molecule has 5 heteroatoms. The van der Waals surface area contributed by atoms with Gasteiger partial charge in [0, 0.05) is 41.4 Å². The molecule has 61 heavy (non-hydrogen) atoms. The zero-order valence-electron chi connectivity index (χ0n) is 37.9. The number of phenolic OH excluding ortho intramolecular Hbond substituents is 1. The van der Waals surface area contributed by atoms with Crippen LogP contribution in [0, 0.1) is 6.07 Å². The molecule has 0 saturated heterocycles. The van der Waals surface area contributed by atoms with Gasteiger partial charge in [0.05, 0.1) is 16.6 Å². The van der Waals surface area contributed by atoms with Crippen molar-refractivity contribution in [3.63, 3.8) is 0 Å². The molecule has 6 aromatic carbocycles. The molecule has 1 N–H and O–H groups in total. The predicted molar refractivity (Wildman–Crippen MR) is 249 cm³/mol. The van der Waals surface area contributed by atoms with E-state index < -0.39 is 11.8 Å². The molecule has 2 aromatic heterocycles. The van der Waals surface area contributed by atoms with Gasteiger partial charge in [0.2, 0.25) is 0 Å². The average Bonchev–Trinajstić information content (AvgIpc) is 3.67. The van der Waals surface area contributed by atoms with Crippen molar-refractivity contribution in [2.75, 3.05) is 0 Å². The van der Waals surface area contributed by atoms with Crippen LogP contribution in [0.4, 0.5) is 0 Å². The van der Waals surface area contributed by atoms with E-state index in [2.05, 4.69) is 143 Å². The number of benzene rings is 6. The van der Waals surface area contributed by atoms with Crippen LogP contribution >= 0.6 is 0 Å².